The first kappa shape index (κ1) is 56.2. The maximum atomic E-state index is 12.6. The van der Waals surface area contributed by atoms with Gasteiger partial charge in [0.1, 0.15) is 12.6 Å². The number of aliphatic hydroxyl groups excluding tert-OH is 2. The van der Waals surface area contributed by atoms with Crippen molar-refractivity contribution in [2.75, 3.05) is 40.9 Å². The topological polar surface area (TPSA) is 113 Å². The molecular weight excluding hydrogens is 721 g/mol. The molecule has 8 nitrogen and oxygen atoms in total. The van der Waals surface area contributed by atoms with Crippen LogP contribution >= 0.6 is 7.82 Å². The van der Waals surface area contributed by atoms with Gasteiger partial charge in [-0.15, -0.1) is 0 Å². The number of likely N-dealkylation sites (N-methyl/N-ethyl adjacent to an activating group) is 1. The van der Waals surface area contributed by atoms with E-state index in [-0.39, 0.29) is 6.54 Å². The molecule has 0 radical (unpaired) electrons. The monoisotopic (exact) mass is 809 g/mol. The van der Waals surface area contributed by atoms with Gasteiger partial charge in [0.05, 0.1) is 34.4 Å². The first-order valence-electron chi connectivity index (χ1n) is 22.2. The molecule has 0 aromatic heterocycles. The second-order valence-electron chi connectivity index (χ2n) is 15.9. The van der Waals surface area contributed by atoms with Crippen molar-refractivity contribution in [1.82, 2.24) is 0 Å². The molecule has 3 unspecified atom stereocenters. The molecule has 0 saturated heterocycles. The van der Waals surface area contributed by atoms with Crippen LogP contribution in [-0.2, 0) is 18.4 Å². The molecule has 0 bridgehead atoms. The van der Waals surface area contributed by atoms with Crippen LogP contribution in [0.25, 0.3) is 0 Å². The standard InChI is InChI=1S/C30H50NO7P.C17H36/c1-5-6-7-8-9-10-11-12-13-14-15-16-17-18-19-20-21-22-23-24-29(34)30(25-31(2,3)4)38-39(35,36)37-27-28(33)26-32;1-3-5-7-9-11-13-15-17-16-14-12-10-8-6-4-2/h13-24,28,30,32-33H,5-12,25-27H2,1-4H3;3-17H2,1-2H3/p+1. The van der Waals surface area contributed by atoms with Crippen LogP contribution in [0.1, 0.15) is 168 Å². The van der Waals surface area contributed by atoms with Gasteiger partial charge in [0, 0.05) is 0 Å². The van der Waals surface area contributed by atoms with Gasteiger partial charge in [-0.1, -0.05) is 222 Å². The van der Waals surface area contributed by atoms with E-state index in [1.165, 1.54) is 153 Å². The third kappa shape index (κ3) is 44.8. The van der Waals surface area contributed by atoms with E-state index >= 15 is 0 Å². The Hall–Kier alpha value is -1.90. The quantitative estimate of drug-likeness (QED) is 0.0188. The van der Waals surface area contributed by atoms with Gasteiger partial charge in [0.25, 0.3) is 0 Å². The number of aliphatic hydroxyl groups is 2. The van der Waals surface area contributed by atoms with Crippen LogP contribution in [-0.4, -0.2) is 78.5 Å². The average Bonchev–Trinajstić information content (AvgIpc) is 3.16. The maximum absolute atomic E-state index is 12.6. The van der Waals surface area contributed by atoms with E-state index in [9.17, 15) is 19.4 Å². The molecule has 326 valence electrons. The first-order chi connectivity index (χ1) is 26.9. The molecule has 56 heavy (non-hydrogen) atoms. The smallest absolute Gasteiger partial charge is 0.394 e. The highest BCUT2D eigenvalue weighted by Crippen LogP contribution is 2.45. The number of phosphoric acid groups is 1. The summed E-state index contributed by atoms with van der Waals surface area (Å²) < 4.78 is 22.2. The number of unbranched alkanes of at least 4 members (excludes halogenated alkanes) is 21. The Kier molecular flexibility index (Phi) is 41.4. The van der Waals surface area contributed by atoms with Gasteiger partial charge in [0.15, 0.2) is 11.9 Å². The zero-order valence-corrected chi connectivity index (χ0v) is 37.7. The molecule has 0 aliphatic rings. The molecule has 0 aliphatic carbocycles. The van der Waals surface area contributed by atoms with Crippen molar-refractivity contribution in [3.63, 3.8) is 0 Å². The second-order valence-corrected chi connectivity index (χ2v) is 17.3. The Bertz CT molecular complexity index is 1090. The van der Waals surface area contributed by atoms with Crippen molar-refractivity contribution in [3.05, 3.63) is 72.9 Å². The molecule has 0 heterocycles. The predicted octanol–water partition coefficient (Wildman–Crippen LogP) is 12.5. The number of ketones is 1. The molecule has 0 aliphatic heterocycles. The summed E-state index contributed by atoms with van der Waals surface area (Å²) in [5.74, 6) is -0.498. The molecule has 0 amide bonds. The average molecular weight is 809 g/mol. The van der Waals surface area contributed by atoms with Gasteiger partial charge in [-0.25, -0.2) is 4.57 Å². The maximum Gasteiger partial charge on any atom is 0.473 e. The number of hydrogen-bond donors (Lipinski definition) is 3. The molecule has 0 spiro atoms. The summed E-state index contributed by atoms with van der Waals surface area (Å²) in [7, 11) is 0.820. The zero-order chi connectivity index (χ0) is 42.0. The molecule has 0 rings (SSSR count). The number of carbonyl (C=O) groups excluding carboxylic acids is 1. The molecule has 0 aromatic carbocycles. The highest BCUT2D eigenvalue weighted by Gasteiger charge is 2.34. The van der Waals surface area contributed by atoms with Crippen molar-refractivity contribution < 1.29 is 38.0 Å². The Morgan fingerprint density at radius 3 is 1.32 bits per heavy atom. The number of rotatable bonds is 37. The molecular formula is C47H87NO7P+. The van der Waals surface area contributed by atoms with Gasteiger partial charge in [0.2, 0.25) is 0 Å². The largest absolute Gasteiger partial charge is 0.473 e. The lowest BCUT2D eigenvalue weighted by Gasteiger charge is -2.28. The van der Waals surface area contributed by atoms with Crippen molar-refractivity contribution in [2.24, 2.45) is 0 Å². The van der Waals surface area contributed by atoms with Crippen LogP contribution in [0.3, 0.4) is 0 Å². The number of phosphoric ester groups is 1. The summed E-state index contributed by atoms with van der Waals surface area (Å²) in [4.78, 5) is 22.5. The Morgan fingerprint density at radius 1 is 0.589 bits per heavy atom. The summed E-state index contributed by atoms with van der Waals surface area (Å²) in [6.07, 6.45) is 51.7. The second kappa shape index (κ2) is 41.3. The lowest BCUT2D eigenvalue weighted by molar-refractivity contribution is -0.872. The summed E-state index contributed by atoms with van der Waals surface area (Å²) in [5.41, 5.74) is 0. The Balaban J connectivity index is 0. The molecule has 3 atom stereocenters. The minimum absolute atomic E-state index is 0.121. The van der Waals surface area contributed by atoms with Gasteiger partial charge in [-0.2, -0.15) is 0 Å². The number of carbonyl (C=O) groups is 1. The van der Waals surface area contributed by atoms with Crippen LogP contribution in [0.15, 0.2) is 72.9 Å². The molecule has 0 saturated carbocycles. The number of hydrogen-bond acceptors (Lipinski definition) is 6. The van der Waals surface area contributed by atoms with E-state index < -0.39 is 39.0 Å². The minimum atomic E-state index is -4.62. The Morgan fingerprint density at radius 2 is 0.946 bits per heavy atom. The van der Waals surface area contributed by atoms with Gasteiger partial charge in [-0.05, 0) is 18.9 Å². The summed E-state index contributed by atoms with van der Waals surface area (Å²) >= 11 is 0. The molecule has 3 N–H and O–H groups in total. The van der Waals surface area contributed by atoms with Gasteiger partial charge >= 0.3 is 7.82 Å². The SMILES string of the molecule is CCCCCCCCCC=CC=CC=CC=CC=CC=CC(=O)C(C[N+](C)(C)C)OP(=O)(O)OCC(O)CO.CCCCCCCCCCCCCCCCC. The highest BCUT2D eigenvalue weighted by atomic mass is 31.2. The van der Waals surface area contributed by atoms with Crippen LogP contribution in [0, 0.1) is 0 Å². The van der Waals surface area contributed by atoms with E-state index in [1.54, 1.807) is 12.2 Å². The third-order valence-corrected chi connectivity index (χ3v) is 10.0. The van der Waals surface area contributed by atoms with E-state index in [2.05, 4.69) is 37.4 Å². The lowest BCUT2D eigenvalue weighted by Crippen LogP contribution is -2.45. The number of quaternary nitrogens is 1. The van der Waals surface area contributed by atoms with Crippen LogP contribution in [0.4, 0.5) is 0 Å². The zero-order valence-electron chi connectivity index (χ0n) is 36.8. The van der Waals surface area contributed by atoms with E-state index in [4.69, 9.17) is 9.63 Å². The summed E-state index contributed by atoms with van der Waals surface area (Å²) in [6, 6.07) is 0. The molecule has 0 fully saturated rings. The summed E-state index contributed by atoms with van der Waals surface area (Å²) in [5, 5.41) is 18.1. The minimum Gasteiger partial charge on any atom is -0.394 e. The fraction of sp³-hybridized carbons (Fsp3) is 0.723. The van der Waals surface area contributed by atoms with Crippen molar-refractivity contribution >= 4 is 13.6 Å². The lowest BCUT2D eigenvalue weighted by atomic mass is 10.0. The fourth-order valence-corrected chi connectivity index (χ4v) is 6.62. The predicted molar refractivity (Wildman–Crippen MR) is 240 cm³/mol. The highest BCUT2D eigenvalue weighted by molar-refractivity contribution is 7.47. The fourth-order valence-electron chi connectivity index (χ4n) is 5.71. The Labute approximate surface area is 345 Å². The first-order valence-corrected chi connectivity index (χ1v) is 23.7. The van der Waals surface area contributed by atoms with Crippen molar-refractivity contribution in [2.45, 2.75) is 181 Å². The van der Waals surface area contributed by atoms with Crippen LogP contribution in [0.5, 0.6) is 0 Å². The number of nitrogens with zero attached hydrogens (tertiary/aromatic N) is 1. The van der Waals surface area contributed by atoms with Crippen molar-refractivity contribution in [3.8, 4) is 0 Å². The van der Waals surface area contributed by atoms with Crippen LogP contribution < -0.4 is 0 Å². The molecule has 0 aromatic rings. The third-order valence-electron chi connectivity index (χ3n) is 9.01. The summed E-state index contributed by atoms with van der Waals surface area (Å²) in [6.45, 7) is 5.72. The van der Waals surface area contributed by atoms with Crippen LogP contribution in [0.2, 0.25) is 0 Å². The normalized spacial score (nSPS) is 14.8. The van der Waals surface area contributed by atoms with E-state index in [1.807, 2.05) is 57.6 Å². The van der Waals surface area contributed by atoms with Crippen molar-refractivity contribution in [1.29, 1.82) is 0 Å². The molecule has 9 heteroatoms. The number of allylic oxidation sites excluding steroid dienone is 11. The van der Waals surface area contributed by atoms with E-state index in [0.717, 1.165) is 6.42 Å². The van der Waals surface area contributed by atoms with E-state index in [0.29, 0.717) is 4.48 Å². The van der Waals surface area contributed by atoms with Gasteiger partial charge < -0.3 is 19.6 Å². The van der Waals surface area contributed by atoms with Gasteiger partial charge in [-0.3, -0.25) is 13.8 Å².